The maximum absolute atomic E-state index is 3.81. The van der Waals surface area contributed by atoms with E-state index in [1.165, 1.54) is 69.7 Å². The molecule has 2 unspecified atom stereocenters. The van der Waals surface area contributed by atoms with E-state index in [-0.39, 0.29) is 0 Å². The molecule has 2 atom stereocenters. The Morgan fingerprint density at radius 3 is 2.44 bits per heavy atom. The lowest BCUT2D eigenvalue weighted by Crippen LogP contribution is -2.44. The Labute approximate surface area is 122 Å². The van der Waals surface area contributed by atoms with Gasteiger partial charge in [0.1, 0.15) is 0 Å². The van der Waals surface area contributed by atoms with Crippen molar-refractivity contribution in [3.63, 3.8) is 0 Å². The van der Waals surface area contributed by atoms with Crippen molar-refractivity contribution in [3.05, 3.63) is 0 Å². The maximum Gasteiger partial charge on any atom is 0.0100 e. The second kappa shape index (κ2) is 6.74. The van der Waals surface area contributed by atoms with Crippen LogP contribution in [0.25, 0.3) is 0 Å². The van der Waals surface area contributed by atoms with Gasteiger partial charge in [0.05, 0.1) is 0 Å². The van der Waals surface area contributed by atoms with Crippen LogP contribution < -0.4 is 0 Å². The molecule has 1 nitrogen and oxygen atoms in total. The van der Waals surface area contributed by atoms with Crippen LogP contribution in [0.15, 0.2) is 0 Å². The summed E-state index contributed by atoms with van der Waals surface area (Å²) >= 11 is 3.81. The monoisotopic (exact) mass is 315 g/mol. The molecule has 2 aliphatic rings. The number of alkyl halides is 1. The van der Waals surface area contributed by atoms with Crippen LogP contribution in [-0.2, 0) is 0 Å². The Hall–Kier alpha value is 0.440. The lowest BCUT2D eigenvalue weighted by molar-refractivity contribution is 0.0880. The molecule has 18 heavy (non-hydrogen) atoms. The first-order chi connectivity index (χ1) is 8.65. The molecule has 2 saturated carbocycles. The summed E-state index contributed by atoms with van der Waals surface area (Å²) in [6.07, 6.45) is 13.0. The quantitative estimate of drug-likeness (QED) is 0.671. The molecule has 0 spiro atoms. The summed E-state index contributed by atoms with van der Waals surface area (Å²) in [5.74, 6) is 0.942. The normalized spacial score (nSPS) is 32.7. The summed E-state index contributed by atoms with van der Waals surface area (Å²) in [7, 11) is 2.38. The van der Waals surface area contributed by atoms with Gasteiger partial charge in [-0.1, -0.05) is 55.0 Å². The molecule has 0 radical (unpaired) electrons. The zero-order valence-electron chi connectivity index (χ0n) is 12.3. The highest BCUT2D eigenvalue weighted by Crippen LogP contribution is 2.39. The fourth-order valence-electron chi connectivity index (χ4n) is 4.10. The molecule has 2 aliphatic carbocycles. The van der Waals surface area contributed by atoms with Crippen molar-refractivity contribution in [1.29, 1.82) is 0 Å². The summed E-state index contributed by atoms with van der Waals surface area (Å²) < 4.78 is 0. The minimum absolute atomic E-state index is 0.577. The van der Waals surface area contributed by atoms with Gasteiger partial charge in [-0.15, -0.1) is 0 Å². The van der Waals surface area contributed by atoms with Gasteiger partial charge in [0.2, 0.25) is 0 Å². The topological polar surface area (TPSA) is 3.24 Å². The van der Waals surface area contributed by atoms with Gasteiger partial charge in [0, 0.05) is 17.9 Å². The van der Waals surface area contributed by atoms with Gasteiger partial charge >= 0.3 is 0 Å². The fourth-order valence-corrected chi connectivity index (χ4v) is 4.83. The molecule has 0 saturated heterocycles. The molecule has 0 aromatic carbocycles. The third kappa shape index (κ3) is 3.72. The van der Waals surface area contributed by atoms with E-state index in [9.17, 15) is 0 Å². The molecule has 2 rings (SSSR count). The van der Waals surface area contributed by atoms with Crippen molar-refractivity contribution < 1.29 is 0 Å². The van der Waals surface area contributed by atoms with Crippen molar-refractivity contribution in [1.82, 2.24) is 4.90 Å². The van der Waals surface area contributed by atoms with E-state index in [4.69, 9.17) is 0 Å². The van der Waals surface area contributed by atoms with E-state index in [2.05, 4.69) is 34.8 Å². The summed E-state index contributed by atoms with van der Waals surface area (Å²) in [6.45, 7) is 3.75. The first-order valence-corrected chi connectivity index (χ1v) is 9.03. The highest BCUT2D eigenvalue weighted by molar-refractivity contribution is 9.09. The molecular formula is C16H30BrN. The second-order valence-corrected chi connectivity index (χ2v) is 7.60. The smallest absolute Gasteiger partial charge is 0.0100 e. The van der Waals surface area contributed by atoms with E-state index in [1.54, 1.807) is 0 Å². The van der Waals surface area contributed by atoms with Gasteiger partial charge in [-0.05, 0) is 44.1 Å². The fraction of sp³-hybridized carbons (Fsp3) is 1.00. The minimum Gasteiger partial charge on any atom is -0.303 e. The predicted molar refractivity (Wildman–Crippen MR) is 83.4 cm³/mol. The number of nitrogens with zero attached hydrogens (tertiary/aromatic N) is 1. The first-order valence-electron chi connectivity index (χ1n) is 7.91. The average molecular weight is 316 g/mol. The summed E-state index contributed by atoms with van der Waals surface area (Å²) in [4.78, 5) is 2.70. The highest BCUT2D eigenvalue weighted by atomic mass is 79.9. The van der Waals surface area contributed by atoms with Crippen LogP contribution in [0.2, 0.25) is 0 Å². The van der Waals surface area contributed by atoms with Crippen molar-refractivity contribution in [2.75, 3.05) is 18.9 Å². The summed E-state index contributed by atoms with van der Waals surface area (Å²) in [5.41, 5.74) is 0.577. The zero-order valence-corrected chi connectivity index (χ0v) is 13.8. The number of halogens is 1. The van der Waals surface area contributed by atoms with Gasteiger partial charge in [0.15, 0.2) is 0 Å². The van der Waals surface area contributed by atoms with Crippen LogP contribution in [0.1, 0.15) is 64.7 Å². The average Bonchev–Trinajstić information content (AvgIpc) is 2.40. The van der Waals surface area contributed by atoms with Gasteiger partial charge in [-0.25, -0.2) is 0 Å². The standard InChI is InChI=1S/C16H30BrN/c1-14-7-6-8-15(11-14)18(2)13-16(12-17)9-4-3-5-10-16/h14-15H,3-13H2,1-2H3. The molecule has 2 heteroatoms. The number of hydrogen-bond donors (Lipinski definition) is 0. The molecule has 0 N–H and O–H groups in total. The lowest BCUT2D eigenvalue weighted by atomic mass is 9.74. The Kier molecular flexibility index (Phi) is 5.56. The SMILES string of the molecule is CC1CCCC(N(C)CC2(CBr)CCCCC2)C1. The largest absolute Gasteiger partial charge is 0.303 e. The van der Waals surface area contributed by atoms with Crippen molar-refractivity contribution in [3.8, 4) is 0 Å². The molecular weight excluding hydrogens is 286 g/mol. The molecule has 0 aromatic heterocycles. The lowest BCUT2D eigenvalue weighted by Gasteiger charge is -2.43. The molecule has 0 heterocycles. The van der Waals surface area contributed by atoms with Crippen LogP contribution in [0, 0.1) is 11.3 Å². The third-order valence-electron chi connectivity index (χ3n) is 5.31. The Morgan fingerprint density at radius 1 is 1.11 bits per heavy atom. The Morgan fingerprint density at radius 2 is 1.83 bits per heavy atom. The first kappa shape index (κ1) is 14.8. The molecule has 106 valence electrons. The van der Waals surface area contributed by atoms with Gasteiger partial charge < -0.3 is 4.90 Å². The summed E-state index contributed by atoms with van der Waals surface area (Å²) in [6, 6.07) is 0.853. The zero-order chi connectivity index (χ0) is 13.0. The predicted octanol–water partition coefficient (Wildman–Crippen LogP) is 4.84. The van der Waals surface area contributed by atoms with Crippen LogP contribution in [0.5, 0.6) is 0 Å². The molecule has 0 bridgehead atoms. The van der Waals surface area contributed by atoms with E-state index < -0.39 is 0 Å². The Balaban J connectivity index is 1.89. The van der Waals surface area contributed by atoms with Crippen LogP contribution >= 0.6 is 15.9 Å². The van der Waals surface area contributed by atoms with Gasteiger partial charge in [-0.2, -0.15) is 0 Å². The second-order valence-electron chi connectivity index (χ2n) is 7.04. The van der Waals surface area contributed by atoms with Crippen LogP contribution in [-0.4, -0.2) is 29.9 Å². The molecule has 0 amide bonds. The van der Waals surface area contributed by atoms with Crippen LogP contribution in [0.3, 0.4) is 0 Å². The third-order valence-corrected chi connectivity index (χ3v) is 6.50. The molecule has 0 aromatic rings. The highest BCUT2D eigenvalue weighted by Gasteiger charge is 2.34. The van der Waals surface area contributed by atoms with Crippen LogP contribution in [0.4, 0.5) is 0 Å². The van der Waals surface area contributed by atoms with Crippen molar-refractivity contribution in [2.45, 2.75) is 70.8 Å². The van der Waals surface area contributed by atoms with Crippen molar-refractivity contribution >= 4 is 15.9 Å². The molecule has 0 aliphatic heterocycles. The van der Waals surface area contributed by atoms with Gasteiger partial charge in [-0.3, -0.25) is 0 Å². The maximum atomic E-state index is 3.81. The Bertz CT molecular complexity index is 247. The van der Waals surface area contributed by atoms with E-state index in [0.717, 1.165) is 12.0 Å². The number of hydrogen-bond acceptors (Lipinski definition) is 1. The van der Waals surface area contributed by atoms with Gasteiger partial charge in [0.25, 0.3) is 0 Å². The number of rotatable bonds is 4. The van der Waals surface area contributed by atoms with Crippen molar-refractivity contribution in [2.24, 2.45) is 11.3 Å². The summed E-state index contributed by atoms with van der Waals surface area (Å²) in [5, 5.41) is 1.20. The molecule has 2 fully saturated rings. The van der Waals surface area contributed by atoms with E-state index in [0.29, 0.717) is 5.41 Å². The van der Waals surface area contributed by atoms with E-state index >= 15 is 0 Å². The van der Waals surface area contributed by atoms with E-state index in [1.807, 2.05) is 0 Å². The minimum atomic E-state index is 0.577.